The molecule has 1 saturated carbocycles. The van der Waals surface area contributed by atoms with Gasteiger partial charge in [0.1, 0.15) is 5.76 Å². The van der Waals surface area contributed by atoms with Gasteiger partial charge in [0.2, 0.25) is 0 Å². The highest BCUT2D eigenvalue weighted by molar-refractivity contribution is 6.28. The molecule has 3 heteroatoms. The van der Waals surface area contributed by atoms with Crippen molar-refractivity contribution in [3.8, 4) is 0 Å². The number of halogens is 1. The van der Waals surface area contributed by atoms with E-state index in [0.717, 1.165) is 11.7 Å². The van der Waals surface area contributed by atoms with Gasteiger partial charge in [-0.1, -0.05) is 43.5 Å². The van der Waals surface area contributed by atoms with Crippen LogP contribution in [-0.4, -0.2) is 7.05 Å². The molecule has 0 spiro atoms. The Kier molecular flexibility index (Phi) is 4.67. The molecule has 0 radical (unpaired) electrons. The second-order valence-corrected chi connectivity index (χ2v) is 6.24. The molecular formula is C18H22ClNO. The SMILES string of the molecule is CNC(c1ccc(C2CCCCC2)cc1)c1ccc(Cl)o1. The minimum atomic E-state index is 0.0536. The molecule has 2 nitrogen and oxygen atoms in total. The molecule has 1 unspecified atom stereocenters. The van der Waals surface area contributed by atoms with Crippen molar-refractivity contribution in [2.24, 2.45) is 0 Å². The van der Waals surface area contributed by atoms with Crippen molar-refractivity contribution in [1.82, 2.24) is 5.32 Å². The average molecular weight is 304 g/mol. The van der Waals surface area contributed by atoms with Gasteiger partial charge in [0.25, 0.3) is 0 Å². The Morgan fingerprint density at radius 1 is 1.05 bits per heavy atom. The van der Waals surface area contributed by atoms with Crippen LogP contribution in [0.15, 0.2) is 40.8 Å². The zero-order chi connectivity index (χ0) is 14.7. The first-order valence-electron chi connectivity index (χ1n) is 7.80. The van der Waals surface area contributed by atoms with Gasteiger partial charge in [-0.25, -0.2) is 0 Å². The Morgan fingerprint density at radius 2 is 1.76 bits per heavy atom. The van der Waals surface area contributed by atoms with Gasteiger partial charge >= 0.3 is 0 Å². The third kappa shape index (κ3) is 3.33. The highest BCUT2D eigenvalue weighted by Crippen LogP contribution is 2.33. The fourth-order valence-corrected chi connectivity index (χ4v) is 3.51. The highest BCUT2D eigenvalue weighted by atomic mass is 35.5. The lowest BCUT2D eigenvalue weighted by Gasteiger charge is -2.22. The van der Waals surface area contributed by atoms with Crippen molar-refractivity contribution in [1.29, 1.82) is 0 Å². The molecule has 1 aliphatic rings. The zero-order valence-electron chi connectivity index (χ0n) is 12.4. The number of hydrogen-bond donors (Lipinski definition) is 1. The fourth-order valence-electron chi connectivity index (χ4n) is 3.35. The maximum atomic E-state index is 5.88. The summed E-state index contributed by atoms with van der Waals surface area (Å²) in [4.78, 5) is 0. The first-order chi connectivity index (χ1) is 10.3. The van der Waals surface area contributed by atoms with Crippen molar-refractivity contribution in [2.45, 2.75) is 44.1 Å². The summed E-state index contributed by atoms with van der Waals surface area (Å²) in [6.45, 7) is 0. The molecule has 0 bridgehead atoms. The minimum absolute atomic E-state index is 0.0536. The highest BCUT2D eigenvalue weighted by Gasteiger charge is 2.18. The van der Waals surface area contributed by atoms with Gasteiger partial charge < -0.3 is 9.73 Å². The third-order valence-corrected chi connectivity index (χ3v) is 4.72. The van der Waals surface area contributed by atoms with Crippen molar-refractivity contribution >= 4 is 11.6 Å². The molecule has 1 fully saturated rings. The van der Waals surface area contributed by atoms with Crippen LogP contribution < -0.4 is 5.32 Å². The Bertz CT molecular complexity index is 569. The maximum absolute atomic E-state index is 5.88. The molecule has 3 rings (SSSR count). The van der Waals surface area contributed by atoms with Crippen LogP contribution in [0.5, 0.6) is 0 Å². The van der Waals surface area contributed by atoms with Gasteiger partial charge in [-0.2, -0.15) is 0 Å². The lowest BCUT2D eigenvalue weighted by Crippen LogP contribution is -2.17. The Morgan fingerprint density at radius 3 is 2.33 bits per heavy atom. The predicted molar refractivity (Wildman–Crippen MR) is 86.9 cm³/mol. The standard InChI is InChI=1S/C18H22ClNO/c1-20-18(16-11-12-17(19)21-16)15-9-7-14(8-10-15)13-5-3-2-4-6-13/h7-13,18,20H,2-6H2,1H3. The largest absolute Gasteiger partial charge is 0.448 e. The van der Waals surface area contributed by atoms with Crippen LogP contribution in [0.1, 0.15) is 61.0 Å². The molecule has 0 aliphatic heterocycles. The van der Waals surface area contributed by atoms with E-state index in [1.807, 2.05) is 13.1 Å². The summed E-state index contributed by atoms with van der Waals surface area (Å²) >= 11 is 5.88. The van der Waals surface area contributed by atoms with E-state index < -0.39 is 0 Å². The molecule has 1 aromatic carbocycles. The Balaban J connectivity index is 1.78. The molecule has 1 aromatic heterocycles. The zero-order valence-corrected chi connectivity index (χ0v) is 13.2. The van der Waals surface area contributed by atoms with E-state index in [4.69, 9.17) is 16.0 Å². The van der Waals surface area contributed by atoms with E-state index in [1.165, 1.54) is 43.2 Å². The summed E-state index contributed by atoms with van der Waals surface area (Å²) in [7, 11) is 1.94. The lowest BCUT2D eigenvalue weighted by atomic mass is 9.83. The van der Waals surface area contributed by atoms with E-state index in [9.17, 15) is 0 Å². The summed E-state index contributed by atoms with van der Waals surface area (Å²) in [6.07, 6.45) is 6.81. The van der Waals surface area contributed by atoms with E-state index in [1.54, 1.807) is 6.07 Å². The number of furan rings is 1. The Hall–Kier alpha value is -1.25. The number of hydrogen-bond acceptors (Lipinski definition) is 2. The van der Waals surface area contributed by atoms with Crippen molar-refractivity contribution in [3.63, 3.8) is 0 Å². The number of rotatable bonds is 4. The maximum Gasteiger partial charge on any atom is 0.193 e. The molecule has 2 aromatic rings. The number of benzene rings is 1. The summed E-state index contributed by atoms with van der Waals surface area (Å²) < 4.78 is 5.54. The van der Waals surface area contributed by atoms with Crippen LogP contribution in [0, 0.1) is 0 Å². The minimum Gasteiger partial charge on any atom is -0.448 e. The first kappa shape index (κ1) is 14.7. The van der Waals surface area contributed by atoms with Crippen molar-refractivity contribution < 1.29 is 4.42 Å². The van der Waals surface area contributed by atoms with E-state index in [2.05, 4.69) is 29.6 Å². The summed E-state index contributed by atoms with van der Waals surface area (Å²) in [5, 5.41) is 3.73. The summed E-state index contributed by atoms with van der Waals surface area (Å²) in [5.41, 5.74) is 2.69. The molecule has 112 valence electrons. The molecule has 0 amide bonds. The molecule has 0 saturated heterocycles. The Labute approximate surface area is 131 Å². The monoisotopic (exact) mass is 303 g/mol. The molecule has 1 aliphatic carbocycles. The quantitative estimate of drug-likeness (QED) is 0.830. The van der Waals surface area contributed by atoms with Gasteiger partial charge in [0.15, 0.2) is 5.22 Å². The van der Waals surface area contributed by atoms with Crippen LogP contribution in [0.4, 0.5) is 0 Å². The van der Waals surface area contributed by atoms with E-state index >= 15 is 0 Å². The van der Waals surface area contributed by atoms with Crippen LogP contribution in [-0.2, 0) is 0 Å². The van der Waals surface area contributed by atoms with Crippen molar-refractivity contribution in [2.75, 3.05) is 7.05 Å². The smallest absolute Gasteiger partial charge is 0.193 e. The lowest BCUT2D eigenvalue weighted by molar-refractivity contribution is 0.443. The molecule has 21 heavy (non-hydrogen) atoms. The van der Waals surface area contributed by atoms with Crippen LogP contribution in [0.3, 0.4) is 0 Å². The van der Waals surface area contributed by atoms with Gasteiger partial charge in [0.05, 0.1) is 6.04 Å². The predicted octanol–water partition coefficient (Wildman–Crippen LogP) is 5.29. The summed E-state index contributed by atoms with van der Waals surface area (Å²) in [5.74, 6) is 1.60. The van der Waals surface area contributed by atoms with Crippen LogP contribution in [0.25, 0.3) is 0 Å². The molecule has 1 N–H and O–H groups in total. The topological polar surface area (TPSA) is 25.2 Å². The molecular weight excluding hydrogens is 282 g/mol. The third-order valence-electron chi connectivity index (χ3n) is 4.51. The van der Waals surface area contributed by atoms with Crippen LogP contribution in [0.2, 0.25) is 5.22 Å². The van der Waals surface area contributed by atoms with Crippen molar-refractivity contribution in [3.05, 3.63) is 58.5 Å². The normalized spacial score (nSPS) is 17.8. The first-order valence-corrected chi connectivity index (χ1v) is 8.18. The van der Waals surface area contributed by atoms with Crippen LogP contribution >= 0.6 is 11.6 Å². The van der Waals surface area contributed by atoms with Gasteiger partial charge in [-0.15, -0.1) is 0 Å². The molecule has 1 heterocycles. The van der Waals surface area contributed by atoms with Gasteiger partial charge in [0, 0.05) is 0 Å². The van der Waals surface area contributed by atoms with E-state index in [0.29, 0.717) is 5.22 Å². The molecule has 1 atom stereocenters. The second-order valence-electron chi connectivity index (χ2n) is 5.87. The second kappa shape index (κ2) is 6.67. The van der Waals surface area contributed by atoms with Gasteiger partial charge in [-0.3, -0.25) is 0 Å². The average Bonchev–Trinajstić information content (AvgIpc) is 2.96. The summed E-state index contributed by atoms with van der Waals surface area (Å²) in [6, 6.07) is 12.7. The number of nitrogens with one attached hydrogen (secondary N) is 1. The van der Waals surface area contributed by atoms with Gasteiger partial charge in [-0.05, 0) is 60.7 Å². The fraction of sp³-hybridized carbons (Fsp3) is 0.444. The van der Waals surface area contributed by atoms with E-state index in [-0.39, 0.29) is 6.04 Å².